The lowest BCUT2D eigenvalue weighted by Crippen LogP contribution is -2.14. The van der Waals surface area contributed by atoms with Crippen molar-refractivity contribution in [1.29, 1.82) is 0 Å². The van der Waals surface area contributed by atoms with Gasteiger partial charge in [0.2, 0.25) is 0 Å². The zero-order valence-corrected chi connectivity index (χ0v) is 15.8. The minimum atomic E-state index is -1.01. The normalized spacial score (nSPS) is 11.4. The Bertz CT molecular complexity index is 968. The number of hydrogen-bond donors (Lipinski definition) is 2. The molecule has 6 nitrogen and oxygen atoms in total. The van der Waals surface area contributed by atoms with Gasteiger partial charge in [-0.3, -0.25) is 4.79 Å². The van der Waals surface area contributed by atoms with E-state index in [4.69, 9.17) is 4.52 Å². The number of benzene rings is 1. The first kappa shape index (κ1) is 19.0. The molecule has 0 atom stereocenters. The maximum atomic E-state index is 13.7. The molecule has 2 N–H and O–H groups in total. The summed E-state index contributed by atoms with van der Waals surface area (Å²) in [6, 6.07) is 5.45. The van der Waals surface area contributed by atoms with E-state index in [1.54, 1.807) is 6.07 Å². The molecule has 0 saturated carbocycles. The third kappa shape index (κ3) is 4.13. The van der Waals surface area contributed by atoms with Gasteiger partial charge in [-0.2, -0.15) is 0 Å². The van der Waals surface area contributed by atoms with Crippen molar-refractivity contribution >= 4 is 33.9 Å². The van der Waals surface area contributed by atoms with Crippen molar-refractivity contribution in [2.24, 2.45) is 0 Å². The van der Waals surface area contributed by atoms with Crippen LogP contribution in [0.15, 0.2) is 34.2 Å². The Balaban J connectivity index is 1.69. The number of amides is 1. The molecular formula is C18H18F2N4O2S. The summed E-state index contributed by atoms with van der Waals surface area (Å²) in [7, 11) is 0. The van der Waals surface area contributed by atoms with Gasteiger partial charge in [-0.15, -0.1) is 11.3 Å². The Hall–Kier alpha value is -2.81. The lowest BCUT2D eigenvalue weighted by Gasteiger charge is -2.17. The van der Waals surface area contributed by atoms with Gasteiger partial charge in [0.1, 0.15) is 11.5 Å². The number of anilines is 3. The van der Waals surface area contributed by atoms with E-state index >= 15 is 0 Å². The number of nitrogens with one attached hydrogen (secondary N) is 2. The summed E-state index contributed by atoms with van der Waals surface area (Å²) in [5, 5.41) is 10.9. The van der Waals surface area contributed by atoms with E-state index in [1.165, 1.54) is 17.5 Å². The zero-order chi connectivity index (χ0) is 19.6. The van der Waals surface area contributed by atoms with Crippen molar-refractivity contribution < 1.29 is 18.1 Å². The first-order valence-corrected chi connectivity index (χ1v) is 9.13. The summed E-state index contributed by atoms with van der Waals surface area (Å²) in [5.74, 6) is -1.50. The van der Waals surface area contributed by atoms with Crippen LogP contribution in [0.2, 0.25) is 0 Å². The molecule has 2 aromatic heterocycles. The number of aromatic nitrogens is 2. The summed E-state index contributed by atoms with van der Waals surface area (Å²) < 4.78 is 32.3. The molecule has 0 aliphatic carbocycles. The molecule has 0 spiro atoms. The molecule has 1 aromatic carbocycles. The third-order valence-corrected chi connectivity index (χ3v) is 4.99. The van der Waals surface area contributed by atoms with Crippen LogP contribution in [-0.4, -0.2) is 16.0 Å². The van der Waals surface area contributed by atoms with Crippen LogP contribution in [0.4, 0.5) is 25.4 Å². The number of thiazole rings is 1. The standard InChI is InChI=1S/C18H18F2N4O2S/c1-4-18(2,3)13-8-14(24-26-13)23-16(25)12-9-27-17(22-12)21-11-7-5-6-10(19)15(11)20/h5-9H,4H2,1-3H3,(H,21,22)(H,23,24,25). The van der Waals surface area contributed by atoms with Gasteiger partial charge in [0.25, 0.3) is 5.91 Å². The number of hydrogen-bond acceptors (Lipinski definition) is 6. The maximum absolute atomic E-state index is 13.7. The highest BCUT2D eigenvalue weighted by Crippen LogP contribution is 2.29. The lowest BCUT2D eigenvalue weighted by atomic mass is 9.87. The fraction of sp³-hybridized carbons (Fsp3) is 0.278. The van der Waals surface area contributed by atoms with Gasteiger partial charge in [-0.1, -0.05) is 32.0 Å². The monoisotopic (exact) mass is 392 g/mol. The first-order valence-electron chi connectivity index (χ1n) is 8.25. The molecular weight excluding hydrogens is 374 g/mol. The molecule has 0 saturated heterocycles. The average Bonchev–Trinajstić information content (AvgIpc) is 3.29. The lowest BCUT2D eigenvalue weighted by molar-refractivity contribution is 0.102. The van der Waals surface area contributed by atoms with Crippen LogP contribution in [0.3, 0.4) is 0 Å². The molecule has 0 radical (unpaired) electrons. The summed E-state index contributed by atoms with van der Waals surface area (Å²) >= 11 is 1.09. The molecule has 27 heavy (non-hydrogen) atoms. The third-order valence-electron chi connectivity index (χ3n) is 4.23. The molecule has 2 heterocycles. The smallest absolute Gasteiger partial charge is 0.276 e. The number of halogens is 2. The molecule has 0 unspecified atom stereocenters. The van der Waals surface area contributed by atoms with Crippen LogP contribution in [0.25, 0.3) is 0 Å². The molecule has 1 amide bonds. The zero-order valence-electron chi connectivity index (χ0n) is 15.0. The van der Waals surface area contributed by atoms with Crippen LogP contribution in [0.1, 0.15) is 43.4 Å². The maximum Gasteiger partial charge on any atom is 0.276 e. The fourth-order valence-electron chi connectivity index (χ4n) is 2.16. The van der Waals surface area contributed by atoms with Crippen molar-refractivity contribution in [3.05, 3.63) is 52.7 Å². The van der Waals surface area contributed by atoms with Crippen molar-refractivity contribution in [2.45, 2.75) is 32.6 Å². The predicted molar refractivity (Wildman–Crippen MR) is 99.5 cm³/mol. The molecule has 0 aliphatic heterocycles. The fourth-order valence-corrected chi connectivity index (χ4v) is 2.86. The van der Waals surface area contributed by atoms with E-state index in [0.29, 0.717) is 5.76 Å². The summed E-state index contributed by atoms with van der Waals surface area (Å²) in [6.07, 6.45) is 0.854. The number of carbonyl (C=O) groups excluding carboxylic acids is 1. The Morgan fingerprint density at radius 2 is 2.11 bits per heavy atom. The molecule has 142 valence electrons. The van der Waals surface area contributed by atoms with E-state index in [1.807, 2.05) is 20.8 Å². The largest absolute Gasteiger partial charge is 0.359 e. The van der Waals surface area contributed by atoms with Gasteiger partial charge in [-0.25, -0.2) is 13.8 Å². The second-order valence-electron chi connectivity index (χ2n) is 6.53. The van der Waals surface area contributed by atoms with Crippen molar-refractivity contribution in [3.63, 3.8) is 0 Å². The second kappa shape index (κ2) is 7.43. The number of nitrogens with zero attached hydrogens (tertiary/aromatic N) is 2. The summed E-state index contributed by atoms with van der Waals surface area (Å²) in [4.78, 5) is 16.4. The molecule has 0 bridgehead atoms. The molecule has 0 aliphatic rings. The van der Waals surface area contributed by atoms with Gasteiger partial charge in [0.05, 0.1) is 5.69 Å². The first-order chi connectivity index (χ1) is 12.8. The van der Waals surface area contributed by atoms with Crippen LogP contribution >= 0.6 is 11.3 Å². The predicted octanol–water partition coefficient (Wildman–Crippen LogP) is 5.09. The molecule has 0 fully saturated rings. The van der Waals surface area contributed by atoms with Gasteiger partial charge in [0, 0.05) is 16.9 Å². The van der Waals surface area contributed by atoms with Crippen LogP contribution in [0.5, 0.6) is 0 Å². The summed E-state index contributed by atoms with van der Waals surface area (Å²) in [5.41, 5.74) is -0.124. The van der Waals surface area contributed by atoms with E-state index in [9.17, 15) is 13.6 Å². The van der Waals surface area contributed by atoms with Gasteiger partial charge >= 0.3 is 0 Å². The Morgan fingerprint density at radius 3 is 2.85 bits per heavy atom. The van der Waals surface area contributed by atoms with Gasteiger partial charge in [-0.05, 0) is 18.6 Å². The molecule has 3 aromatic rings. The highest BCUT2D eigenvalue weighted by molar-refractivity contribution is 7.14. The minimum absolute atomic E-state index is 0.0563. The van der Waals surface area contributed by atoms with Gasteiger partial charge < -0.3 is 15.2 Å². The average molecular weight is 392 g/mol. The van der Waals surface area contributed by atoms with E-state index in [2.05, 4.69) is 20.8 Å². The number of rotatable bonds is 6. The van der Waals surface area contributed by atoms with Crippen LogP contribution in [-0.2, 0) is 5.41 Å². The molecule has 3 rings (SSSR count). The van der Waals surface area contributed by atoms with Crippen molar-refractivity contribution in [2.75, 3.05) is 10.6 Å². The van der Waals surface area contributed by atoms with E-state index in [-0.39, 0.29) is 27.7 Å². The number of carbonyl (C=O) groups is 1. The van der Waals surface area contributed by atoms with E-state index in [0.717, 1.165) is 23.8 Å². The van der Waals surface area contributed by atoms with Crippen molar-refractivity contribution in [1.82, 2.24) is 10.1 Å². The Kier molecular flexibility index (Phi) is 5.22. The van der Waals surface area contributed by atoms with Gasteiger partial charge in [0.15, 0.2) is 22.6 Å². The van der Waals surface area contributed by atoms with Crippen LogP contribution < -0.4 is 10.6 Å². The highest BCUT2D eigenvalue weighted by atomic mass is 32.1. The minimum Gasteiger partial charge on any atom is -0.359 e. The topological polar surface area (TPSA) is 80.0 Å². The van der Waals surface area contributed by atoms with Crippen LogP contribution in [0, 0.1) is 11.6 Å². The Morgan fingerprint density at radius 1 is 1.33 bits per heavy atom. The summed E-state index contributed by atoms with van der Waals surface area (Å²) in [6.45, 7) is 6.07. The molecule has 9 heteroatoms. The second-order valence-corrected chi connectivity index (χ2v) is 7.39. The highest BCUT2D eigenvalue weighted by Gasteiger charge is 2.24. The SMILES string of the molecule is CCC(C)(C)c1cc(NC(=O)c2csc(Nc3cccc(F)c3F)n2)no1. The van der Waals surface area contributed by atoms with Crippen molar-refractivity contribution in [3.8, 4) is 0 Å². The van der Waals surface area contributed by atoms with E-state index < -0.39 is 17.5 Å². The quantitative estimate of drug-likeness (QED) is 0.611. The Labute approximate surface area is 158 Å².